The lowest BCUT2D eigenvalue weighted by Gasteiger charge is -1.95. The van der Waals surface area contributed by atoms with Crippen LogP contribution >= 0.6 is 0 Å². The molecule has 1 aromatic carbocycles. The van der Waals surface area contributed by atoms with Gasteiger partial charge in [-0.15, -0.1) is 0 Å². The van der Waals surface area contributed by atoms with Crippen molar-refractivity contribution in [3.05, 3.63) is 39.9 Å². The Morgan fingerprint density at radius 1 is 1.73 bits per heavy atom. The maximum Gasteiger partial charge on any atom is 0.280 e. The van der Waals surface area contributed by atoms with Gasteiger partial charge in [0.05, 0.1) is 11.0 Å². The van der Waals surface area contributed by atoms with E-state index in [9.17, 15) is 10.1 Å². The first kappa shape index (κ1) is 7.72. The number of nitro benzene ring substituents is 1. The van der Waals surface area contributed by atoms with Crippen molar-refractivity contribution in [1.82, 2.24) is 0 Å². The molecule has 0 aromatic heterocycles. The van der Waals surface area contributed by atoms with E-state index in [1.165, 1.54) is 0 Å². The van der Waals surface area contributed by atoms with Crippen LogP contribution in [0.1, 0.15) is 12.5 Å². The maximum absolute atomic E-state index is 10.4. The summed E-state index contributed by atoms with van der Waals surface area (Å²) in [5, 5.41) is 10.4. The van der Waals surface area contributed by atoms with Crippen LogP contribution in [0.5, 0.6) is 0 Å². The van der Waals surface area contributed by atoms with Crippen molar-refractivity contribution in [2.24, 2.45) is 0 Å². The zero-order valence-electron chi connectivity index (χ0n) is 6.20. The summed E-state index contributed by atoms with van der Waals surface area (Å²) < 4.78 is 0. The minimum Gasteiger partial charge on any atom is -0.258 e. The molecule has 0 atom stereocenters. The average molecular weight is 150 g/mol. The summed E-state index contributed by atoms with van der Waals surface area (Å²) in [7, 11) is 0. The van der Waals surface area contributed by atoms with Gasteiger partial charge in [0.2, 0.25) is 0 Å². The van der Waals surface area contributed by atoms with Crippen molar-refractivity contribution in [2.75, 3.05) is 0 Å². The van der Waals surface area contributed by atoms with Gasteiger partial charge in [-0.2, -0.15) is 0 Å². The summed E-state index contributed by atoms with van der Waals surface area (Å²) in [6.07, 6.45) is 0.674. The second kappa shape index (κ2) is 3.14. The Morgan fingerprint density at radius 2 is 2.45 bits per heavy atom. The topological polar surface area (TPSA) is 43.1 Å². The van der Waals surface area contributed by atoms with Crippen LogP contribution in [0.3, 0.4) is 0 Å². The highest BCUT2D eigenvalue weighted by Crippen LogP contribution is 2.16. The standard InChI is InChI=1S/C8H8NO2/c1-2-7-5-3-4-6-8(7)9(10)11/h3-5H,2H2,1H3. The molecule has 0 aliphatic carbocycles. The molecule has 1 rings (SSSR count). The Labute approximate surface area is 64.8 Å². The third-order valence-corrected chi connectivity index (χ3v) is 1.48. The molecule has 3 heteroatoms. The lowest BCUT2D eigenvalue weighted by Crippen LogP contribution is -1.93. The normalized spacial score (nSPS) is 9.55. The van der Waals surface area contributed by atoms with Crippen molar-refractivity contribution < 1.29 is 4.92 Å². The molecule has 11 heavy (non-hydrogen) atoms. The van der Waals surface area contributed by atoms with E-state index in [0.29, 0.717) is 6.42 Å². The monoisotopic (exact) mass is 150 g/mol. The molecule has 0 saturated heterocycles. The third-order valence-electron chi connectivity index (χ3n) is 1.48. The first-order chi connectivity index (χ1) is 5.25. The van der Waals surface area contributed by atoms with E-state index in [2.05, 4.69) is 6.07 Å². The molecule has 0 saturated carbocycles. The zero-order chi connectivity index (χ0) is 8.27. The van der Waals surface area contributed by atoms with Crippen LogP contribution in [-0.4, -0.2) is 4.92 Å². The largest absolute Gasteiger partial charge is 0.280 e. The Hall–Kier alpha value is -1.38. The molecule has 3 nitrogen and oxygen atoms in total. The van der Waals surface area contributed by atoms with Crippen LogP contribution in [0.15, 0.2) is 18.2 Å². The molecule has 1 radical (unpaired) electrons. The summed E-state index contributed by atoms with van der Waals surface area (Å²) in [6.45, 7) is 1.89. The van der Waals surface area contributed by atoms with Crippen molar-refractivity contribution in [1.29, 1.82) is 0 Å². The number of hydrogen-bond donors (Lipinski definition) is 0. The quantitative estimate of drug-likeness (QED) is 0.477. The van der Waals surface area contributed by atoms with Gasteiger partial charge in [-0.3, -0.25) is 10.1 Å². The number of hydrogen-bond acceptors (Lipinski definition) is 2. The molecule has 0 unspecified atom stereocenters. The molecular weight excluding hydrogens is 142 g/mol. The summed E-state index contributed by atoms with van der Waals surface area (Å²) in [6, 6.07) is 7.64. The average Bonchev–Trinajstić information content (AvgIpc) is 2.04. The highest BCUT2D eigenvalue weighted by atomic mass is 16.6. The van der Waals surface area contributed by atoms with Gasteiger partial charge in [0.25, 0.3) is 5.69 Å². The van der Waals surface area contributed by atoms with Gasteiger partial charge < -0.3 is 0 Å². The molecule has 0 aliphatic rings. The number of nitrogens with zero attached hydrogens (tertiary/aromatic N) is 1. The fourth-order valence-electron chi connectivity index (χ4n) is 0.918. The van der Waals surface area contributed by atoms with Gasteiger partial charge in [-0.25, -0.2) is 0 Å². The minimum absolute atomic E-state index is 0.0926. The van der Waals surface area contributed by atoms with E-state index >= 15 is 0 Å². The fourth-order valence-corrected chi connectivity index (χ4v) is 0.918. The Kier molecular flexibility index (Phi) is 2.21. The van der Waals surface area contributed by atoms with E-state index in [1.807, 2.05) is 6.92 Å². The van der Waals surface area contributed by atoms with E-state index in [1.54, 1.807) is 18.2 Å². The molecular formula is C8H8NO2. The molecule has 0 N–H and O–H groups in total. The van der Waals surface area contributed by atoms with Crippen LogP contribution in [0.2, 0.25) is 0 Å². The summed E-state index contributed by atoms with van der Waals surface area (Å²) >= 11 is 0. The highest BCUT2D eigenvalue weighted by Gasteiger charge is 2.09. The lowest BCUT2D eigenvalue weighted by molar-refractivity contribution is -0.385. The smallest absolute Gasteiger partial charge is 0.258 e. The predicted octanol–water partition coefficient (Wildman–Crippen LogP) is 1.96. The number of para-hydroxylation sites is 1. The first-order valence-corrected chi connectivity index (χ1v) is 3.39. The molecule has 0 fully saturated rings. The second-order valence-corrected chi connectivity index (χ2v) is 2.15. The van der Waals surface area contributed by atoms with Gasteiger partial charge in [-0.05, 0) is 12.5 Å². The predicted molar refractivity (Wildman–Crippen MR) is 41.3 cm³/mol. The second-order valence-electron chi connectivity index (χ2n) is 2.15. The first-order valence-electron chi connectivity index (χ1n) is 3.39. The lowest BCUT2D eigenvalue weighted by atomic mass is 10.1. The van der Waals surface area contributed by atoms with E-state index in [-0.39, 0.29) is 5.69 Å². The van der Waals surface area contributed by atoms with Crippen LogP contribution < -0.4 is 0 Å². The van der Waals surface area contributed by atoms with Crippen molar-refractivity contribution in [3.63, 3.8) is 0 Å². The summed E-state index contributed by atoms with van der Waals surface area (Å²) in [4.78, 5) is 9.95. The van der Waals surface area contributed by atoms with Gasteiger partial charge in [-0.1, -0.05) is 19.1 Å². The molecule has 0 amide bonds. The fraction of sp³-hybridized carbons (Fsp3) is 0.250. The summed E-state index contributed by atoms with van der Waals surface area (Å²) in [5.74, 6) is 0. The number of rotatable bonds is 2. The van der Waals surface area contributed by atoms with Crippen LogP contribution in [0, 0.1) is 16.2 Å². The molecule has 0 heterocycles. The van der Waals surface area contributed by atoms with Crippen molar-refractivity contribution >= 4 is 5.69 Å². The Morgan fingerprint density at radius 3 is 2.91 bits per heavy atom. The Balaban J connectivity index is 3.12. The van der Waals surface area contributed by atoms with Gasteiger partial charge >= 0.3 is 0 Å². The zero-order valence-corrected chi connectivity index (χ0v) is 6.20. The highest BCUT2D eigenvalue weighted by molar-refractivity contribution is 5.38. The number of benzene rings is 1. The summed E-state index contributed by atoms with van der Waals surface area (Å²) in [5.41, 5.74) is 0.826. The van der Waals surface area contributed by atoms with Crippen LogP contribution in [0.4, 0.5) is 5.69 Å². The maximum atomic E-state index is 10.4. The minimum atomic E-state index is -0.404. The van der Waals surface area contributed by atoms with Crippen LogP contribution in [0.25, 0.3) is 0 Å². The third kappa shape index (κ3) is 1.55. The Bertz CT molecular complexity index is 271. The van der Waals surface area contributed by atoms with Crippen molar-refractivity contribution in [2.45, 2.75) is 13.3 Å². The SMILES string of the molecule is CCc1ccc[c]c1[N+](=O)[O-]. The molecule has 1 aromatic rings. The molecule has 0 aliphatic heterocycles. The van der Waals surface area contributed by atoms with E-state index in [0.717, 1.165) is 5.56 Å². The van der Waals surface area contributed by atoms with E-state index in [4.69, 9.17) is 0 Å². The van der Waals surface area contributed by atoms with E-state index < -0.39 is 4.92 Å². The van der Waals surface area contributed by atoms with Gasteiger partial charge in [0, 0.05) is 5.56 Å². The van der Waals surface area contributed by atoms with Crippen LogP contribution in [-0.2, 0) is 6.42 Å². The van der Waals surface area contributed by atoms with Gasteiger partial charge in [0.1, 0.15) is 0 Å². The van der Waals surface area contributed by atoms with Gasteiger partial charge in [0.15, 0.2) is 0 Å². The molecule has 57 valence electrons. The molecule has 0 bridgehead atoms. The molecule has 0 spiro atoms. The van der Waals surface area contributed by atoms with Crippen molar-refractivity contribution in [3.8, 4) is 0 Å². The number of aryl methyl sites for hydroxylation is 1. The number of nitro groups is 1.